The van der Waals surface area contributed by atoms with Gasteiger partial charge in [0.15, 0.2) is 0 Å². The molecular formula is C11H13NO5S. The Morgan fingerprint density at radius 3 is 3.00 bits per heavy atom. The Bertz CT molecular complexity index is 567. The van der Waals surface area contributed by atoms with Crippen molar-refractivity contribution in [3.63, 3.8) is 0 Å². The smallest absolute Gasteiger partial charge is 0.320 e. The Morgan fingerprint density at radius 1 is 1.50 bits per heavy atom. The molecule has 98 valence electrons. The van der Waals surface area contributed by atoms with Gasteiger partial charge < -0.3 is 9.47 Å². The summed E-state index contributed by atoms with van der Waals surface area (Å²) in [5, 5.41) is 0. The number of hydrogen-bond acceptors (Lipinski definition) is 5. The van der Waals surface area contributed by atoms with E-state index in [1.165, 1.54) is 13.2 Å². The van der Waals surface area contributed by atoms with Gasteiger partial charge in [-0.2, -0.15) is 4.72 Å². The number of sulfonamides is 1. The minimum Gasteiger partial charge on any atom is -0.493 e. The fraction of sp³-hybridized carbons (Fsp3) is 0.364. The molecule has 0 unspecified atom stereocenters. The van der Waals surface area contributed by atoms with Crippen molar-refractivity contribution in [2.75, 3.05) is 20.3 Å². The number of carbonyl (C=O) groups excluding carboxylic acids is 1. The lowest BCUT2D eigenvalue weighted by atomic mass is 10.2. The van der Waals surface area contributed by atoms with Crippen molar-refractivity contribution in [3.05, 3.63) is 23.8 Å². The molecule has 6 nitrogen and oxygen atoms in total. The summed E-state index contributed by atoms with van der Waals surface area (Å²) >= 11 is 0. The maximum atomic E-state index is 11.9. The number of esters is 1. The maximum Gasteiger partial charge on any atom is 0.320 e. The molecule has 0 radical (unpaired) electrons. The van der Waals surface area contributed by atoms with Gasteiger partial charge in [0.2, 0.25) is 10.0 Å². The first-order chi connectivity index (χ1) is 8.53. The maximum absolute atomic E-state index is 11.9. The fourth-order valence-corrected chi connectivity index (χ4v) is 2.66. The van der Waals surface area contributed by atoms with Crippen LogP contribution in [0.3, 0.4) is 0 Å². The van der Waals surface area contributed by atoms with E-state index in [2.05, 4.69) is 9.46 Å². The first kappa shape index (κ1) is 12.8. The van der Waals surface area contributed by atoms with Gasteiger partial charge in [-0.1, -0.05) is 0 Å². The van der Waals surface area contributed by atoms with E-state index < -0.39 is 16.0 Å². The van der Waals surface area contributed by atoms with Crippen LogP contribution in [-0.4, -0.2) is 34.6 Å². The highest BCUT2D eigenvalue weighted by atomic mass is 32.2. The first-order valence-electron chi connectivity index (χ1n) is 5.35. The Morgan fingerprint density at radius 2 is 2.28 bits per heavy atom. The van der Waals surface area contributed by atoms with E-state index in [4.69, 9.17) is 4.74 Å². The largest absolute Gasteiger partial charge is 0.493 e. The van der Waals surface area contributed by atoms with Gasteiger partial charge in [-0.3, -0.25) is 4.79 Å². The summed E-state index contributed by atoms with van der Waals surface area (Å²) in [6.07, 6.45) is 0.690. The second-order valence-corrected chi connectivity index (χ2v) is 5.54. The molecule has 0 aromatic heterocycles. The summed E-state index contributed by atoms with van der Waals surface area (Å²) in [4.78, 5) is 11.0. The minimum atomic E-state index is -3.69. The third-order valence-electron chi connectivity index (χ3n) is 2.61. The number of methoxy groups -OCH3 is 1. The van der Waals surface area contributed by atoms with E-state index in [0.29, 0.717) is 18.8 Å². The predicted octanol–water partition coefficient (Wildman–Crippen LogP) is 0.0728. The summed E-state index contributed by atoms with van der Waals surface area (Å²) in [5.41, 5.74) is 0.857. The van der Waals surface area contributed by atoms with Crippen LogP contribution in [0.25, 0.3) is 0 Å². The number of carbonyl (C=O) groups is 1. The highest BCUT2D eigenvalue weighted by Gasteiger charge is 2.19. The van der Waals surface area contributed by atoms with Crippen LogP contribution in [-0.2, 0) is 26.0 Å². The Labute approximate surface area is 105 Å². The summed E-state index contributed by atoms with van der Waals surface area (Å²) in [5.74, 6) is 0.0741. The van der Waals surface area contributed by atoms with Crippen molar-refractivity contribution >= 4 is 16.0 Å². The molecule has 1 N–H and O–H groups in total. The van der Waals surface area contributed by atoms with E-state index in [9.17, 15) is 13.2 Å². The van der Waals surface area contributed by atoms with E-state index in [1.807, 2.05) is 0 Å². The molecule has 0 saturated heterocycles. The van der Waals surface area contributed by atoms with Gasteiger partial charge >= 0.3 is 5.97 Å². The van der Waals surface area contributed by atoms with Crippen molar-refractivity contribution in [2.24, 2.45) is 0 Å². The molecule has 1 aliphatic rings. The summed E-state index contributed by atoms with van der Waals surface area (Å²) in [6, 6.07) is 4.63. The van der Waals surface area contributed by atoms with E-state index >= 15 is 0 Å². The zero-order valence-electron chi connectivity index (χ0n) is 9.80. The third-order valence-corrected chi connectivity index (χ3v) is 4.00. The second kappa shape index (κ2) is 4.95. The standard InChI is InChI=1S/C11H13NO5S/c1-16-11(13)7-12-18(14,15)9-2-3-10-8(6-9)4-5-17-10/h2-3,6,12H,4-5,7H2,1H3. The summed E-state index contributed by atoms with van der Waals surface area (Å²) in [6.45, 7) is 0.181. The molecule has 1 aromatic carbocycles. The quantitative estimate of drug-likeness (QED) is 0.784. The van der Waals surface area contributed by atoms with Gasteiger partial charge in [-0.05, 0) is 23.8 Å². The molecule has 2 rings (SSSR count). The van der Waals surface area contributed by atoms with E-state index in [-0.39, 0.29) is 11.4 Å². The molecule has 0 saturated carbocycles. The topological polar surface area (TPSA) is 81.7 Å². The number of hydrogen-bond donors (Lipinski definition) is 1. The predicted molar refractivity (Wildman–Crippen MR) is 62.8 cm³/mol. The lowest BCUT2D eigenvalue weighted by molar-refractivity contribution is -0.139. The highest BCUT2D eigenvalue weighted by molar-refractivity contribution is 7.89. The van der Waals surface area contributed by atoms with Crippen LogP contribution >= 0.6 is 0 Å². The van der Waals surface area contributed by atoms with Gasteiger partial charge in [0, 0.05) is 6.42 Å². The van der Waals surface area contributed by atoms with Gasteiger partial charge in [0.25, 0.3) is 0 Å². The van der Waals surface area contributed by atoms with Crippen molar-refractivity contribution < 1.29 is 22.7 Å². The lowest BCUT2D eigenvalue weighted by Crippen LogP contribution is -2.30. The van der Waals surface area contributed by atoms with Gasteiger partial charge in [0.05, 0.1) is 18.6 Å². The van der Waals surface area contributed by atoms with Crippen LogP contribution < -0.4 is 9.46 Å². The number of benzene rings is 1. The Balaban J connectivity index is 2.17. The molecule has 0 spiro atoms. The summed E-state index contributed by atoms with van der Waals surface area (Å²) < 4.78 is 35.6. The first-order valence-corrected chi connectivity index (χ1v) is 6.83. The monoisotopic (exact) mass is 271 g/mol. The number of fused-ring (bicyclic) bond motifs is 1. The van der Waals surface area contributed by atoms with Crippen LogP contribution in [0.1, 0.15) is 5.56 Å². The molecular weight excluding hydrogens is 258 g/mol. The average molecular weight is 271 g/mol. The highest BCUT2D eigenvalue weighted by Crippen LogP contribution is 2.27. The van der Waals surface area contributed by atoms with Crippen molar-refractivity contribution in [1.29, 1.82) is 0 Å². The Kier molecular flexibility index (Phi) is 3.53. The van der Waals surface area contributed by atoms with Crippen molar-refractivity contribution in [1.82, 2.24) is 4.72 Å². The molecule has 0 atom stereocenters. The summed E-state index contributed by atoms with van der Waals surface area (Å²) in [7, 11) is -2.50. The van der Waals surface area contributed by atoms with Crippen LogP contribution in [0.4, 0.5) is 0 Å². The van der Waals surface area contributed by atoms with Crippen LogP contribution in [0.15, 0.2) is 23.1 Å². The van der Waals surface area contributed by atoms with Crippen molar-refractivity contribution in [2.45, 2.75) is 11.3 Å². The SMILES string of the molecule is COC(=O)CNS(=O)(=O)c1ccc2c(c1)CCO2. The number of nitrogens with one attached hydrogen (secondary N) is 1. The normalized spacial score (nSPS) is 13.8. The van der Waals surface area contributed by atoms with E-state index in [0.717, 1.165) is 5.56 Å². The van der Waals surface area contributed by atoms with Gasteiger partial charge in [0.1, 0.15) is 12.3 Å². The van der Waals surface area contributed by atoms with Gasteiger partial charge in [-0.15, -0.1) is 0 Å². The lowest BCUT2D eigenvalue weighted by Gasteiger charge is -2.07. The fourth-order valence-electron chi connectivity index (χ4n) is 1.64. The molecule has 1 heterocycles. The third kappa shape index (κ3) is 2.62. The molecule has 18 heavy (non-hydrogen) atoms. The number of rotatable bonds is 4. The molecule has 0 fully saturated rings. The van der Waals surface area contributed by atoms with Crippen LogP contribution in [0.2, 0.25) is 0 Å². The van der Waals surface area contributed by atoms with Crippen molar-refractivity contribution in [3.8, 4) is 5.75 Å². The molecule has 7 heteroatoms. The number of ether oxygens (including phenoxy) is 2. The molecule has 0 bridgehead atoms. The van der Waals surface area contributed by atoms with Gasteiger partial charge in [-0.25, -0.2) is 8.42 Å². The van der Waals surface area contributed by atoms with Crippen LogP contribution in [0, 0.1) is 0 Å². The molecule has 1 aromatic rings. The zero-order valence-corrected chi connectivity index (χ0v) is 10.6. The minimum absolute atomic E-state index is 0.121. The second-order valence-electron chi connectivity index (χ2n) is 3.77. The average Bonchev–Trinajstić information content (AvgIpc) is 2.83. The molecule has 0 aliphatic carbocycles. The molecule has 0 amide bonds. The molecule has 1 aliphatic heterocycles. The Hall–Kier alpha value is -1.60. The zero-order chi connectivity index (χ0) is 13.2. The van der Waals surface area contributed by atoms with E-state index in [1.54, 1.807) is 12.1 Å². The van der Waals surface area contributed by atoms with Crippen LogP contribution in [0.5, 0.6) is 5.75 Å².